The van der Waals surface area contributed by atoms with Crippen LogP contribution in [0, 0.1) is 19.7 Å². The monoisotopic (exact) mass is 401 g/mol. The average Bonchev–Trinajstić information content (AvgIpc) is 2.94. The van der Waals surface area contributed by atoms with Crippen molar-refractivity contribution in [2.24, 2.45) is 0 Å². The maximum atomic E-state index is 13.9. The summed E-state index contributed by atoms with van der Waals surface area (Å²) in [5.74, 6) is -1.03. The fraction of sp³-hybridized carbons (Fsp3) is 0.375. The first-order valence-corrected chi connectivity index (χ1v) is 9.71. The smallest absolute Gasteiger partial charge is 0.258 e. The van der Waals surface area contributed by atoms with Crippen LogP contribution in [0.1, 0.15) is 21.8 Å². The molecule has 0 N–H and O–H groups in total. The predicted octanol–water partition coefficient (Wildman–Crippen LogP) is 2.23. The zero-order valence-electron chi connectivity index (χ0n) is 14.2. The number of hydrogen-bond acceptors (Lipinski definition) is 5. The van der Waals surface area contributed by atoms with Crippen molar-refractivity contribution in [2.75, 3.05) is 26.2 Å². The lowest BCUT2D eigenvalue weighted by molar-refractivity contribution is 0.0693. The van der Waals surface area contributed by atoms with Crippen LogP contribution in [0.4, 0.5) is 4.39 Å². The molecule has 0 saturated carbocycles. The highest BCUT2D eigenvalue weighted by molar-refractivity contribution is 7.89. The summed E-state index contributed by atoms with van der Waals surface area (Å²) in [7, 11) is -3.77. The maximum absolute atomic E-state index is 13.9. The van der Waals surface area contributed by atoms with E-state index in [4.69, 9.17) is 16.1 Å². The van der Waals surface area contributed by atoms with Gasteiger partial charge in [0.15, 0.2) is 5.76 Å². The predicted molar refractivity (Wildman–Crippen MR) is 92.0 cm³/mol. The summed E-state index contributed by atoms with van der Waals surface area (Å²) >= 11 is 5.94. The van der Waals surface area contributed by atoms with Crippen molar-refractivity contribution in [1.82, 2.24) is 14.4 Å². The number of hydrogen-bond donors (Lipinski definition) is 0. The van der Waals surface area contributed by atoms with E-state index in [-0.39, 0.29) is 47.4 Å². The number of aryl methyl sites for hydroxylation is 2. The Morgan fingerprint density at radius 3 is 2.42 bits per heavy atom. The Kier molecular flexibility index (Phi) is 5.05. The lowest BCUT2D eigenvalue weighted by atomic mass is 10.1. The number of sulfonamides is 1. The van der Waals surface area contributed by atoms with Gasteiger partial charge in [-0.3, -0.25) is 4.79 Å². The molecule has 1 aliphatic heterocycles. The van der Waals surface area contributed by atoms with E-state index in [2.05, 4.69) is 5.16 Å². The second-order valence-electron chi connectivity index (χ2n) is 5.95. The van der Waals surface area contributed by atoms with Crippen LogP contribution in [-0.2, 0) is 10.0 Å². The second-order valence-corrected chi connectivity index (χ2v) is 8.23. The number of aromatic nitrogens is 1. The van der Waals surface area contributed by atoms with Gasteiger partial charge in [-0.1, -0.05) is 22.8 Å². The fourth-order valence-electron chi connectivity index (χ4n) is 2.96. The van der Waals surface area contributed by atoms with Crippen LogP contribution in [0.5, 0.6) is 0 Å². The van der Waals surface area contributed by atoms with E-state index >= 15 is 0 Å². The molecule has 140 valence electrons. The third-order valence-corrected chi connectivity index (χ3v) is 6.73. The van der Waals surface area contributed by atoms with Gasteiger partial charge in [-0.2, -0.15) is 4.31 Å². The molecule has 3 rings (SSSR count). The third-order valence-electron chi connectivity index (χ3n) is 4.27. The maximum Gasteiger partial charge on any atom is 0.258 e. The second kappa shape index (κ2) is 6.98. The molecule has 0 atom stereocenters. The van der Waals surface area contributed by atoms with Gasteiger partial charge in [0.05, 0.1) is 10.6 Å². The van der Waals surface area contributed by atoms with Crippen molar-refractivity contribution in [3.05, 3.63) is 46.1 Å². The molecular weight excluding hydrogens is 385 g/mol. The molecule has 1 amide bonds. The van der Waals surface area contributed by atoms with Crippen molar-refractivity contribution < 1.29 is 22.1 Å². The highest BCUT2D eigenvalue weighted by atomic mass is 35.5. The molecule has 1 fully saturated rings. The summed E-state index contributed by atoms with van der Waals surface area (Å²) in [5.41, 5.74) is 0.0929. The lowest BCUT2D eigenvalue weighted by Gasteiger charge is -2.34. The van der Waals surface area contributed by atoms with Crippen molar-refractivity contribution in [3.63, 3.8) is 0 Å². The molecule has 0 aliphatic carbocycles. The van der Waals surface area contributed by atoms with Crippen LogP contribution < -0.4 is 0 Å². The van der Waals surface area contributed by atoms with Crippen LogP contribution in [0.25, 0.3) is 0 Å². The molecule has 10 heteroatoms. The molecule has 0 radical (unpaired) electrons. The number of carbonyl (C=O) groups excluding carboxylic acids is 1. The molecule has 26 heavy (non-hydrogen) atoms. The van der Waals surface area contributed by atoms with Crippen molar-refractivity contribution in [3.8, 4) is 0 Å². The summed E-state index contributed by atoms with van der Waals surface area (Å²) in [6.07, 6.45) is 0. The molecule has 0 unspecified atom stereocenters. The highest BCUT2D eigenvalue weighted by Gasteiger charge is 2.35. The Morgan fingerprint density at radius 1 is 1.23 bits per heavy atom. The molecule has 0 bridgehead atoms. The van der Waals surface area contributed by atoms with Crippen molar-refractivity contribution >= 4 is 27.5 Å². The van der Waals surface area contributed by atoms with Crippen molar-refractivity contribution in [1.29, 1.82) is 0 Å². The average molecular weight is 402 g/mol. The first kappa shape index (κ1) is 18.8. The van der Waals surface area contributed by atoms with E-state index in [9.17, 15) is 17.6 Å². The lowest BCUT2D eigenvalue weighted by Crippen LogP contribution is -2.50. The Bertz CT molecular complexity index is 913. The van der Waals surface area contributed by atoms with Gasteiger partial charge >= 0.3 is 0 Å². The first-order valence-electron chi connectivity index (χ1n) is 7.89. The Labute approximate surface area is 155 Å². The zero-order valence-corrected chi connectivity index (χ0v) is 15.8. The minimum Gasteiger partial charge on any atom is -0.360 e. The Balaban J connectivity index is 1.76. The van der Waals surface area contributed by atoms with Crippen LogP contribution in [0.2, 0.25) is 5.02 Å². The highest BCUT2D eigenvalue weighted by Crippen LogP contribution is 2.25. The van der Waals surface area contributed by atoms with E-state index in [1.807, 2.05) is 0 Å². The number of carbonyl (C=O) groups is 1. The van der Waals surface area contributed by atoms with Gasteiger partial charge in [-0.15, -0.1) is 0 Å². The number of piperazine rings is 1. The van der Waals surface area contributed by atoms with Gasteiger partial charge in [-0.25, -0.2) is 12.8 Å². The zero-order chi connectivity index (χ0) is 19.1. The SMILES string of the molecule is Cc1noc(C)c1S(=O)(=O)N1CCN(C(=O)c2c(F)cccc2Cl)CC1. The van der Waals surface area contributed by atoms with Gasteiger partial charge in [0, 0.05) is 26.2 Å². The van der Waals surface area contributed by atoms with Crippen LogP contribution in [0.3, 0.4) is 0 Å². The van der Waals surface area contributed by atoms with Crippen LogP contribution >= 0.6 is 11.6 Å². The van der Waals surface area contributed by atoms with E-state index in [0.29, 0.717) is 5.69 Å². The number of halogens is 2. The van der Waals surface area contributed by atoms with Gasteiger partial charge in [0.1, 0.15) is 16.4 Å². The molecule has 7 nitrogen and oxygen atoms in total. The molecule has 2 heterocycles. The number of amides is 1. The standard InChI is InChI=1S/C16H17ClFN3O4S/c1-10-15(11(2)25-19-10)26(23,24)21-8-6-20(7-9-21)16(22)14-12(17)4-3-5-13(14)18/h3-5H,6-9H2,1-2H3. The summed E-state index contributed by atoms with van der Waals surface area (Å²) in [6.45, 7) is 3.53. The third kappa shape index (κ3) is 3.22. The van der Waals surface area contributed by atoms with E-state index in [1.165, 1.54) is 28.3 Å². The van der Waals surface area contributed by atoms with E-state index in [0.717, 1.165) is 6.07 Å². The summed E-state index contributed by atoms with van der Waals surface area (Å²) in [5, 5.41) is 3.71. The van der Waals surface area contributed by atoms with Crippen LogP contribution in [-0.4, -0.2) is 54.9 Å². The van der Waals surface area contributed by atoms with Crippen LogP contribution in [0.15, 0.2) is 27.6 Å². The number of nitrogens with zero attached hydrogens (tertiary/aromatic N) is 3. The molecule has 1 saturated heterocycles. The molecular formula is C16H17ClFN3O4S. The quantitative estimate of drug-likeness (QED) is 0.787. The molecule has 2 aromatic rings. The minimum atomic E-state index is -3.77. The largest absolute Gasteiger partial charge is 0.360 e. The first-order chi connectivity index (χ1) is 12.2. The number of benzene rings is 1. The van der Waals surface area contributed by atoms with Gasteiger partial charge in [0.2, 0.25) is 10.0 Å². The molecule has 1 aromatic carbocycles. The summed E-state index contributed by atoms with van der Waals surface area (Å²) < 4.78 is 45.7. The van der Waals surface area contributed by atoms with Gasteiger partial charge in [0.25, 0.3) is 5.91 Å². The van der Waals surface area contributed by atoms with E-state index in [1.54, 1.807) is 6.92 Å². The fourth-order valence-corrected chi connectivity index (χ4v) is 4.92. The van der Waals surface area contributed by atoms with Crippen molar-refractivity contribution in [2.45, 2.75) is 18.7 Å². The molecule has 1 aromatic heterocycles. The topological polar surface area (TPSA) is 83.7 Å². The van der Waals surface area contributed by atoms with Gasteiger partial charge in [-0.05, 0) is 26.0 Å². The van der Waals surface area contributed by atoms with Gasteiger partial charge < -0.3 is 9.42 Å². The summed E-state index contributed by atoms with van der Waals surface area (Å²) in [6, 6.07) is 4.02. The molecule has 0 spiro atoms. The Morgan fingerprint density at radius 2 is 1.88 bits per heavy atom. The summed E-state index contributed by atoms with van der Waals surface area (Å²) in [4.78, 5) is 14.0. The minimum absolute atomic E-state index is 0.0285. The molecule has 1 aliphatic rings. The number of rotatable bonds is 3. The normalized spacial score (nSPS) is 16.1. The Hall–Kier alpha value is -1.97. The van der Waals surface area contributed by atoms with E-state index < -0.39 is 21.7 Å².